The molecule has 0 spiro atoms. The van der Waals surface area contributed by atoms with E-state index < -0.39 is 10.0 Å². The third-order valence-electron chi connectivity index (χ3n) is 5.48. The van der Waals surface area contributed by atoms with E-state index in [0.717, 1.165) is 41.4 Å². The van der Waals surface area contributed by atoms with Gasteiger partial charge in [-0.2, -0.15) is 4.31 Å². The first-order chi connectivity index (χ1) is 13.9. The Kier molecular flexibility index (Phi) is 6.23. The second kappa shape index (κ2) is 8.70. The molecule has 0 unspecified atom stereocenters. The van der Waals surface area contributed by atoms with Crippen molar-refractivity contribution < 1.29 is 8.42 Å². The van der Waals surface area contributed by atoms with Crippen LogP contribution in [0.5, 0.6) is 0 Å². The van der Waals surface area contributed by atoms with E-state index in [0.29, 0.717) is 31.1 Å². The molecule has 0 saturated carbocycles. The Hall–Kier alpha value is -1.50. The highest BCUT2D eigenvalue weighted by atomic mass is 127. The molecule has 2 aliphatic rings. The van der Waals surface area contributed by atoms with Gasteiger partial charge >= 0.3 is 0 Å². The zero-order valence-electron chi connectivity index (χ0n) is 16.4. The van der Waals surface area contributed by atoms with Crippen LogP contribution in [0.25, 0.3) is 0 Å². The van der Waals surface area contributed by atoms with Crippen LogP contribution in [0.15, 0.2) is 41.6 Å². The van der Waals surface area contributed by atoms with Gasteiger partial charge < -0.3 is 14.7 Å². The number of likely N-dealkylation sites (N-methyl/N-ethyl adjacent to an activating group) is 1. The first kappa shape index (κ1) is 20.8. The van der Waals surface area contributed by atoms with E-state index in [1.54, 1.807) is 22.8 Å². The number of hydrogen-bond acceptors (Lipinski definition) is 7. The first-order valence-electron chi connectivity index (χ1n) is 9.70. The maximum Gasteiger partial charge on any atom is 0.243 e. The molecule has 156 valence electrons. The number of hydrogen-bond donors (Lipinski definition) is 0. The molecule has 2 fully saturated rings. The summed E-state index contributed by atoms with van der Waals surface area (Å²) in [5, 5.41) is 0. The lowest BCUT2D eigenvalue weighted by Gasteiger charge is -2.36. The lowest BCUT2D eigenvalue weighted by molar-refractivity contribution is 0.312. The van der Waals surface area contributed by atoms with Gasteiger partial charge in [-0.25, -0.2) is 18.4 Å². The summed E-state index contributed by atoms with van der Waals surface area (Å²) in [4.78, 5) is 16.0. The van der Waals surface area contributed by atoms with Gasteiger partial charge in [0.1, 0.15) is 18.0 Å². The van der Waals surface area contributed by atoms with Crippen molar-refractivity contribution >= 4 is 44.2 Å². The molecule has 3 heterocycles. The Morgan fingerprint density at radius 1 is 0.828 bits per heavy atom. The van der Waals surface area contributed by atoms with Crippen LogP contribution in [0.2, 0.25) is 0 Å². The molecular weight excluding hydrogens is 503 g/mol. The van der Waals surface area contributed by atoms with Crippen LogP contribution in [0.4, 0.5) is 11.6 Å². The van der Waals surface area contributed by atoms with Crippen LogP contribution in [0.3, 0.4) is 0 Å². The van der Waals surface area contributed by atoms with Crippen LogP contribution in [-0.2, 0) is 10.0 Å². The molecule has 0 amide bonds. The van der Waals surface area contributed by atoms with E-state index in [1.807, 2.05) is 18.2 Å². The van der Waals surface area contributed by atoms with Gasteiger partial charge in [0.25, 0.3) is 0 Å². The van der Waals surface area contributed by atoms with E-state index in [9.17, 15) is 8.42 Å². The van der Waals surface area contributed by atoms with Gasteiger partial charge in [-0.05, 0) is 53.9 Å². The van der Waals surface area contributed by atoms with Crippen LogP contribution < -0.4 is 9.80 Å². The molecular formula is C19H25IN6O2S. The number of piperazine rings is 2. The standard InChI is InChI=1S/C19H25IN6O2S/c1-23-6-8-24(9-7-23)18-14-19(22-15-21-18)25-10-12-26(13-11-25)29(27,28)17-4-2-16(20)3-5-17/h2-5,14-15H,6-13H2,1H3. The number of benzene rings is 1. The number of nitrogens with zero attached hydrogens (tertiary/aromatic N) is 6. The fourth-order valence-corrected chi connectivity index (χ4v) is 5.41. The third-order valence-corrected chi connectivity index (χ3v) is 8.11. The predicted molar refractivity (Wildman–Crippen MR) is 122 cm³/mol. The Bertz CT molecular complexity index is 939. The van der Waals surface area contributed by atoms with E-state index >= 15 is 0 Å². The van der Waals surface area contributed by atoms with E-state index in [2.05, 4.69) is 54.3 Å². The normalized spacial score (nSPS) is 19.5. The van der Waals surface area contributed by atoms with Crippen molar-refractivity contribution in [3.05, 3.63) is 40.2 Å². The number of sulfonamides is 1. The maximum atomic E-state index is 12.9. The molecule has 8 nitrogen and oxygen atoms in total. The number of rotatable bonds is 4. The van der Waals surface area contributed by atoms with Crippen LogP contribution in [-0.4, -0.2) is 87.0 Å². The quantitative estimate of drug-likeness (QED) is 0.555. The van der Waals surface area contributed by atoms with Crippen molar-refractivity contribution in [2.75, 3.05) is 69.2 Å². The minimum atomic E-state index is -3.46. The predicted octanol–water partition coefficient (Wildman–Crippen LogP) is 1.34. The number of anilines is 2. The molecule has 0 radical (unpaired) electrons. The summed E-state index contributed by atoms with van der Waals surface area (Å²) in [7, 11) is -1.33. The lowest BCUT2D eigenvalue weighted by Crippen LogP contribution is -2.49. The Labute approximate surface area is 185 Å². The highest BCUT2D eigenvalue weighted by molar-refractivity contribution is 14.1. The second-order valence-corrected chi connectivity index (χ2v) is 10.6. The van der Waals surface area contributed by atoms with Gasteiger partial charge in [-0.3, -0.25) is 0 Å². The van der Waals surface area contributed by atoms with Gasteiger partial charge in [0.15, 0.2) is 0 Å². The fraction of sp³-hybridized carbons (Fsp3) is 0.474. The molecule has 0 N–H and O–H groups in total. The third kappa shape index (κ3) is 4.65. The smallest absolute Gasteiger partial charge is 0.243 e. The second-order valence-electron chi connectivity index (χ2n) is 7.37. The average molecular weight is 528 g/mol. The minimum Gasteiger partial charge on any atom is -0.354 e. The average Bonchev–Trinajstić information content (AvgIpc) is 2.75. The van der Waals surface area contributed by atoms with Crippen molar-refractivity contribution in [3.63, 3.8) is 0 Å². The van der Waals surface area contributed by atoms with Crippen LogP contribution in [0.1, 0.15) is 0 Å². The summed E-state index contributed by atoms with van der Waals surface area (Å²) in [5.41, 5.74) is 0. The van der Waals surface area contributed by atoms with Crippen molar-refractivity contribution in [3.8, 4) is 0 Å². The monoisotopic (exact) mass is 528 g/mol. The van der Waals surface area contributed by atoms with Crippen LogP contribution >= 0.6 is 22.6 Å². The van der Waals surface area contributed by atoms with Crippen molar-refractivity contribution in [1.29, 1.82) is 0 Å². The Morgan fingerprint density at radius 2 is 1.34 bits per heavy atom. The van der Waals surface area contributed by atoms with E-state index in [4.69, 9.17) is 0 Å². The summed E-state index contributed by atoms with van der Waals surface area (Å²) in [5.74, 6) is 1.80. The first-order valence-corrected chi connectivity index (χ1v) is 12.2. The summed E-state index contributed by atoms with van der Waals surface area (Å²) < 4.78 is 28.4. The van der Waals surface area contributed by atoms with Gasteiger partial charge in [0.2, 0.25) is 10.0 Å². The van der Waals surface area contributed by atoms with Crippen molar-refractivity contribution in [2.24, 2.45) is 0 Å². The molecule has 10 heteroatoms. The minimum absolute atomic E-state index is 0.353. The largest absolute Gasteiger partial charge is 0.354 e. The van der Waals surface area contributed by atoms with Crippen LogP contribution in [0, 0.1) is 3.57 Å². The Morgan fingerprint density at radius 3 is 1.90 bits per heavy atom. The topological polar surface area (TPSA) is 72.9 Å². The zero-order valence-corrected chi connectivity index (χ0v) is 19.4. The Balaban J connectivity index is 1.42. The molecule has 1 aromatic carbocycles. The maximum absolute atomic E-state index is 12.9. The van der Waals surface area contributed by atoms with Crippen molar-refractivity contribution in [2.45, 2.75) is 4.90 Å². The van der Waals surface area contributed by atoms with Gasteiger partial charge in [-0.1, -0.05) is 0 Å². The zero-order chi connectivity index (χ0) is 20.4. The van der Waals surface area contributed by atoms with Gasteiger partial charge in [-0.15, -0.1) is 0 Å². The molecule has 2 aliphatic heterocycles. The number of halogens is 1. The van der Waals surface area contributed by atoms with E-state index in [1.165, 1.54) is 0 Å². The number of aromatic nitrogens is 2. The lowest BCUT2D eigenvalue weighted by atomic mass is 10.3. The fourth-order valence-electron chi connectivity index (χ4n) is 3.63. The molecule has 29 heavy (non-hydrogen) atoms. The molecule has 4 rings (SSSR count). The SMILES string of the molecule is CN1CCN(c2cc(N3CCN(S(=O)(=O)c4ccc(I)cc4)CC3)ncn2)CC1. The molecule has 0 bridgehead atoms. The summed E-state index contributed by atoms with van der Waals surface area (Å²) in [6.45, 7) is 6.07. The molecule has 2 saturated heterocycles. The van der Waals surface area contributed by atoms with Crippen molar-refractivity contribution in [1.82, 2.24) is 19.2 Å². The molecule has 0 aliphatic carbocycles. The summed E-state index contributed by atoms with van der Waals surface area (Å²) in [6.07, 6.45) is 1.61. The molecule has 1 aromatic heterocycles. The summed E-state index contributed by atoms with van der Waals surface area (Å²) >= 11 is 2.17. The summed E-state index contributed by atoms with van der Waals surface area (Å²) in [6, 6.07) is 9.02. The highest BCUT2D eigenvalue weighted by Gasteiger charge is 2.29. The van der Waals surface area contributed by atoms with Gasteiger partial charge in [0.05, 0.1) is 4.90 Å². The highest BCUT2D eigenvalue weighted by Crippen LogP contribution is 2.23. The van der Waals surface area contributed by atoms with Gasteiger partial charge in [0, 0.05) is 62.0 Å². The van der Waals surface area contributed by atoms with E-state index in [-0.39, 0.29) is 0 Å². The molecule has 0 atom stereocenters. The molecule has 2 aromatic rings.